The molecule has 0 aromatic heterocycles. The summed E-state index contributed by atoms with van der Waals surface area (Å²) >= 11 is 5.94. The Morgan fingerprint density at radius 2 is 2.25 bits per heavy atom. The van der Waals surface area contributed by atoms with Gasteiger partial charge in [-0.3, -0.25) is 4.90 Å². The SMILES string of the molecule is C=C(Cl)CN1CC(C(C)CC)NCC1CC. The zero-order valence-electron chi connectivity index (χ0n) is 10.8. The predicted molar refractivity (Wildman–Crippen MR) is 71.9 cm³/mol. The molecule has 16 heavy (non-hydrogen) atoms. The highest BCUT2D eigenvalue weighted by Crippen LogP contribution is 2.18. The summed E-state index contributed by atoms with van der Waals surface area (Å²) in [4.78, 5) is 2.47. The number of halogens is 1. The molecule has 3 atom stereocenters. The number of nitrogens with one attached hydrogen (secondary N) is 1. The van der Waals surface area contributed by atoms with Gasteiger partial charge in [-0.05, 0) is 12.3 Å². The fraction of sp³-hybridized carbons (Fsp3) is 0.846. The molecule has 3 heteroatoms. The van der Waals surface area contributed by atoms with E-state index in [2.05, 4.69) is 37.6 Å². The van der Waals surface area contributed by atoms with Crippen LogP contribution in [0.2, 0.25) is 0 Å². The average Bonchev–Trinajstić information content (AvgIpc) is 2.27. The fourth-order valence-electron chi connectivity index (χ4n) is 2.36. The van der Waals surface area contributed by atoms with Gasteiger partial charge in [0.05, 0.1) is 0 Å². The molecule has 1 fully saturated rings. The third kappa shape index (κ3) is 3.76. The van der Waals surface area contributed by atoms with Crippen molar-refractivity contribution in [3.05, 3.63) is 11.6 Å². The highest BCUT2D eigenvalue weighted by molar-refractivity contribution is 6.29. The van der Waals surface area contributed by atoms with Gasteiger partial charge in [0, 0.05) is 36.8 Å². The Balaban J connectivity index is 2.57. The Bertz CT molecular complexity index is 230. The van der Waals surface area contributed by atoms with Gasteiger partial charge in [0.2, 0.25) is 0 Å². The molecule has 1 heterocycles. The van der Waals surface area contributed by atoms with Crippen LogP contribution in [0.4, 0.5) is 0 Å². The topological polar surface area (TPSA) is 15.3 Å². The van der Waals surface area contributed by atoms with E-state index in [-0.39, 0.29) is 0 Å². The van der Waals surface area contributed by atoms with E-state index in [1.807, 2.05) is 0 Å². The molecular weight excluding hydrogens is 220 g/mol. The minimum atomic E-state index is 0.601. The van der Waals surface area contributed by atoms with E-state index < -0.39 is 0 Å². The molecule has 1 aliphatic heterocycles. The normalized spacial score (nSPS) is 29.0. The van der Waals surface area contributed by atoms with Crippen molar-refractivity contribution in [3.8, 4) is 0 Å². The Morgan fingerprint density at radius 3 is 2.75 bits per heavy atom. The van der Waals surface area contributed by atoms with E-state index in [0.717, 1.165) is 30.6 Å². The number of hydrogen-bond acceptors (Lipinski definition) is 2. The predicted octanol–water partition coefficient (Wildman–Crippen LogP) is 2.84. The van der Waals surface area contributed by atoms with Gasteiger partial charge in [0.15, 0.2) is 0 Å². The molecule has 2 nitrogen and oxygen atoms in total. The zero-order chi connectivity index (χ0) is 12.1. The van der Waals surface area contributed by atoms with Crippen LogP contribution in [0.15, 0.2) is 11.6 Å². The van der Waals surface area contributed by atoms with Crippen molar-refractivity contribution in [1.82, 2.24) is 10.2 Å². The summed E-state index contributed by atoms with van der Waals surface area (Å²) in [5, 5.41) is 4.41. The summed E-state index contributed by atoms with van der Waals surface area (Å²) in [5.74, 6) is 0.726. The quantitative estimate of drug-likeness (QED) is 0.800. The lowest BCUT2D eigenvalue weighted by molar-refractivity contribution is 0.118. The number of hydrogen-bond donors (Lipinski definition) is 1. The van der Waals surface area contributed by atoms with E-state index in [4.69, 9.17) is 11.6 Å². The summed E-state index contributed by atoms with van der Waals surface area (Å²) in [5.41, 5.74) is 0. The largest absolute Gasteiger partial charge is 0.311 e. The Hall–Kier alpha value is -0.0500. The fourth-order valence-corrected chi connectivity index (χ4v) is 2.52. The first-order chi connectivity index (χ1) is 7.58. The molecule has 1 saturated heterocycles. The molecule has 0 spiro atoms. The van der Waals surface area contributed by atoms with Crippen LogP contribution in [0.3, 0.4) is 0 Å². The van der Waals surface area contributed by atoms with Crippen LogP contribution in [-0.4, -0.2) is 36.6 Å². The molecule has 1 N–H and O–H groups in total. The lowest BCUT2D eigenvalue weighted by Gasteiger charge is -2.42. The molecule has 1 rings (SSSR count). The van der Waals surface area contributed by atoms with Gasteiger partial charge in [-0.15, -0.1) is 0 Å². The lowest BCUT2D eigenvalue weighted by Crippen LogP contribution is -2.58. The van der Waals surface area contributed by atoms with Crippen LogP contribution in [0.1, 0.15) is 33.6 Å². The van der Waals surface area contributed by atoms with Crippen LogP contribution in [-0.2, 0) is 0 Å². The third-order valence-electron chi connectivity index (χ3n) is 3.74. The van der Waals surface area contributed by atoms with Gasteiger partial charge in [-0.1, -0.05) is 45.4 Å². The zero-order valence-corrected chi connectivity index (χ0v) is 11.6. The number of piperazine rings is 1. The second-order valence-corrected chi connectivity index (χ2v) is 5.44. The molecule has 94 valence electrons. The molecule has 1 aliphatic rings. The molecule has 0 saturated carbocycles. The van der Waals surface area contributed by atoms with Gasteiger partial charge >= 0.3 is 0 Å². The summed E-state index contributed by atoms with van der Waals surface area (Å²) in [6.45, 7) is 13.6. The molecule has 0 amide bonds. The average molecular weight is 245 g/mol. The van der Waals surface area contributed by atoms with E-state index in [1.54, 1.807) is 0 Å². The maximum absolute atomic E-state index is 5.94. The van der Waals surface area contributed by atoms with Crippen molar-refractivity contribution in [2.45, 2.75) is 45.7 Å². The van der Waals surface area contributed by atoms with Gasteiger partial charge in [-0.2, -0.15) is 0 Å². The first kappa shape index (κ1) is 14.0. The second-order valence-electron chi connectivity index (χ2n) is 4.91. The molecule has 0 aliphatic carbocycles. The standard InChI is InChI=1S/C13H25ClN2/c1-5-10(3)13-9-16(8-11(4)14)12(6-2)7-15-13/h10,12-13,15H,4-9H2,1-3H3. The van der Waals surface area contributed by atoms with Crippen LogP contribution in [0.25, 0.3) is 0 Å². The Labute approximate surface area is 105 Å². The smallest absolute Gasteiger partial charge is 0.0339 e. The van der Waals surface area contributed by atoms with E-state index >= 15 is 0 Å². The molecule has 0 aromatic rings. The molecule has 0 bridgehead atoms. The highest BCUT2D eigenvalue weighted by Gasteiger charge is 2.28. The first-order valence-corrected chi connectivity index (χ1v) is 6.76. The van der Waals surface area contributed by atoms with Crippen molar-refractivity contribution in [2.24, 2.45) is 5.92 Å². The molecule has 0 radical (unpaired) electrons. The number of nitrogens with zero attached hydrogens (tertiary/aromatic N) is 1. The summed E-state index contributed by atoms with van der Waals surface area (Å²) in [6, 6.07) is 1.21. The summed E-state index contributed by atoms with van der Waals surface area (Å²) in [7, 11) is 0. The second kappa shape index (κ2) is 6.63. The van der Waals surface area contributed by atoms with Crippen molar-refractivity contribution >= 4 is 11.6 Å². The number of rotatable bonds is 5. The van der Waals surface area contributed by atoms with Crippen molar-refractivity contribution in [2.75, 3.05) is 19.6 Å². The molecule has 0 aromatic carbocycles. The monoisotopic (exact) mass is 244 g/mol. The Morgan fingerprint density at radius 1 is 1.56 bits per heavy atom. The minimum Gasteiger partial charge on any atom is -0.311 e. The van der Waals surface area contributed by atoms with Crippen molar-refractivity contribution < 1.29 is 0 Å². The third-order valence-corrected chi connectivity index (χ3v) is 3.86. The van der Waals surface area contributed by atoms with E-state index in [0.29, 0.717) is 12.1 Å². The first-order valence-electron chi connectivity index (χ1n) is 6.39. The summed E-state index contributed by atoms with van der Waals surface area (Å²) in [6.07, 6.45) is 2.40. The van der Waals surface area contributed by atoms with Crippen LogP contribution < -0.4 is 5.32 Å². The van der Waals surface area contributed by atoms with Crippen molar-refractivity contribution in [3.63, 3.8) is 0 Å². The van der Waals surface area contributed by atoms with Crippen LogP contribution >= 0.6 is 11.6 Å². The lowest BCUT2D eigenvalue weighted by atomic mass is 9.95. The van der Waals surface area contributed by atoms with Gasteiger partial charge in [-0.25, -0.2) is 0 Å². The maximum atomic E-state index is 5.94. The van der Waals surface area contributed by atoms with E-state index in [9.17, 15) is 0 Å². The molecular formula is C13H25ClN2. The Kier molecular flexibility index (Phi) is 5.81. The van der Waals surface area contributed by atoms with Gasteiger partial charge in [0.1, 0.15) is 0 Å². The van der Waals surface area contributed by atoms with Crippen LogP contribution in [0, 0.1) is 5.92 Å². The van der Waals surface area contributed by atoms with E-state index in [1.165, 1.54) is 12.8 Å². The highest BCUT2D eigenvalue weighted by atomic mass is 35.5. The van der Waals surface area contributed by atoms with Gasteiger partial charge in [0.25, 0.3) is 0 Å². The summed E-state index contributed by atoms with van der Waals surface area (Å²) < 4.78 is 0. The van der Waals surface area contributed by atoms with Gasteiger partial charge < -0.3 is 5.32 Å². The molecule has 3 unspecified atom stereocenters. The maximum Gasteiger partial charge on any atom is 0.0339 e. The minimum absolute atomic E-state index is 0.601. The van der Waals surface area contributed by atoms with Crippen LogP contribution in [0.5, 0.6) is 0 Å². The van der Waals surface area contributed by atoms with Crippen molar-refractivity contribution in [1.29, 1.82) is 0 Å².